The number of hydrogen-bond acceptors (Lipinski definition) is 3. The van der Waals surface area contributed by atoms with Gasteiger partial charge in [-0.05, 0) is 24.7 Å². The number of benzene rings is 1. The van der Waals surface area contributed by atoms with Gasteiger partial charge in [-0.25, -0.2) is 5.01 Å². The van der Waals surface area contributed by atoms with Crippen molar-refractivity contribution in [3.63, 3.8) is 0 Å². The molecule has 0 bridgehead atoms. The van der Waals surface area contributed by atoms with Crippen LogP contribution in [-0.4, -0.2) is 43.1 Å². The van der Waals surface area contributed by atoms with Crippen LogP contribution in [0.3, 0.4) is 0 Å². The van der Waals surface area contributed by atoms with E-state index in [1.165, 1.54) is 0 Å². The molecule has 1 aromatic carbocycles. The maximum atomic E-state index is 5.97. The quantitative estimate of drug-likeness (QED) is 0.912. The lowest BCUT2D eigenvalue weighted by Crippen LogP contribution is -2.50. The van der Waals surface area contributed by atoms with Crippen LogP contribution in [0.2, 0.25) is 10.0 Å². The second kappa shape index (κ2) is 6.03. The lowest BCUT2D eigenvalue weighted by molar-refractivity contribution is 0.102. The summed E-state index contributed by atoms with van der Waals surface area (Å²) in [5.41, 5.74) is 4.56. The van der Waals surface area contributed by atoms with Crippen LogP contribution < -0.4 is 5.43 Å². The number of hydrogen-bond donors (Lipinski definition) is 1. The van der Waals surface area contributed by atoms with Crippen molar-refractivity contribution in [3.8, 4) is 0 Å². The minimum absolute atomic E-state index is 0.606. The summed E-state index contributed by atoms with van der Waals surface area (Å²) in [5, 5.41) is 3.47. The summed E-state index contributed by atoms with van der Waals surface area (Å²) in [5.74, 6) is 0. The first-order valence-corrected chi connectivity index (χ1v) is 6.51. The van der Waals surface area contributed by atoms with Gasteiger partial charge in [0.2, 0.25) is 0 Å². The van der Waals surface area contributed by atoms with Crippen LogP contribution in [0.25, 0.3) is 0 Å². The molecule has 0 aromatic heterocycles. The first kappa shape index (κ1) is 13.1. The minimum Gasteiger partial charge on any atom is -0.304 e. The van der Waals surface area contributed by atoms with Gasteiger partial charge in [-0.1, -0.05) is 29.3 Å². The number of nitrogens with zero attached hydrogens (tertiary/aromatic N) is 2. The van der Waals surface area contributed by atoms with E-state index in [9.17, 15) is 0 Å². The van der Waals surface area contributed by atoms with Crippen molar-refractivity contribution in [2.45, 2.75) is 6.54 Å². The molecule has 1 heterocycles. The standard InChI is InChI=1S/C12H17Cl2N3/c1-16-4-6-17(7-5-16)15-9-10-2-3-11(13)12(14)8-10/h2-3,8,15H,4-7,9H2,1H3. The molecule has 2 rings (SSSR count). The van der Waals surface area contributed by atoms with Crippen molar-refractivity contribution < 1.29 is 0 Å². The number of hydrazine groups is 1. The summed E-state index contributed by atoms with van der Waals surface area (Å²) in [6, 6.07) is 5.75. The highest BCUT2D eigenvalue weighted by atomic mass is 35.5. The van der Waals surface area contributed by atoms with E-state index >= 15 is 0 Å². The Morgan fingerprint density at radius 2 is 1.82 bits per heavy atom. The molecule has 0 atom stereocenters. The molecule has 1 fully saturated rings. The van der Waals surface area contributed by atoms with E-state index in [1.54, 1.807) is 0 Å². The van der Waals surface area contributed by atoms with E-state index in [0.29, 0.717) is 10.0 Å². The molecule has 1 N–H and O–H groups in total. The van der Waals surface area contributed by atoms with Crippen molar-refractivity contribution in [1.82, 2.24) is 15.3 Å². The molecule has 1 aliphatic rings. The van der Waals surface area contributed by atoms with Crippen LogP contribution in [0, 0.1) is 0 Å². The third kappa shape index (κ3) is 3.83. The monoisotopic (exact) mass is 273 g/mol. The summed E-state index contributed by atoms with van der Waals surface area (Å²) in [4.78, 5) is 2.33. The van der Waals surface area contributed by atoms with Gasteiger partial charge in [-0.3, -0.25) is 5.43 Å². The van der Waals surface area contributed by atoms with E-state index < -0.39 is 0 Å². The van der Waals surface area contributed by atoms with Crippen LogP contribution in [0.4, 0.5) is 0 Å². The normalized spacial score (nSPS) is 18.5. The number of nitrogens with one attached hydrogen (secondary N) is 1. The molecule has 0 aliphatic carbocycles. The van der Waals surface area contributed by atoms with Crippen molar-refractivity contribution in [2.24, 2.45) is 0 Å². The SMILES string of the molecule is CN1CCN(NCc2ccc(Cl)c(Cl)c2)CC1. The summed E-state index contributed by atoms with van der Waals surface area (Å²) < 4.78 is 0. The average Bonchev–Trinajstić information content (AvgIpc) is 2.33. The molecule has 5 heteroatoms. The zero-order valence-electron chi connectivity index (χ0n) is 9.92. The van der Waals surface area contributed by atoms with Crippen molar-refractivity contribution >= 4 is 23.2 Å². The van der Waals surface area contributed by atoms with Crippen molar-refractivity contribution in [3.05, 3.63) is 33.8 Å². The zero-order chi connectivity index (χ0) is 12.3. The van der Waals surface area contributed by atoms with Crippen LogP contribution in [0.15, 0.2) is 18.2 Å². The largest absolute Gasteiger partial charge is 0.304 e. The Kier molecular flexibility index (Phi) is 4.65. The second-order valence-electron chi connectivity index (χ2n) is 4.37. The molecule has 3 nitrogen and oxygen atoms in total. The minimum atomic E-state index is 0.606. The average molecular weight is 274 g/mol. The maximum absolute atomic E-state index is 5.97. The van der Waals surface area contributed by atoms with Crippen molar-refractivity contribution in [2.75, 3.05) is 33.2 Å². The predicted octanol–water partition coefficient (Wildman–Crippen LogP) is 2.25. The summed E-state index contributed by atoms with van der Waals surface area (Å²) in [6.07, 6.45) is 0. The highest BCUT2D eigenvalue weighted by molar-refractivity contribution is 6.42. The van der Waals surface area contributed by atoms with E-state index in [1.807, 2.05) is 18.2 Å². The lowest BCUT2D eigenvalue weighted by atomic mass is 10.2. The van der Waals surface area contributed by atoms with Crippen LogP contribution in [0.1, 0.15) is 5.56 Å². The van der Waals surface area contributed by atoms with Crippen LogP contribution in [0.5, 0.6) is 0 Å². The Hall–Kier alpha value is -0.320. The van der Waals surface area contributed by atoms with Crippen LogP contribution in [-0.2, 0) is 6.54 Å². The Morgan fingerprint density at radius 1 is 1.12 bits per heavy atom. The Balaban J connectivity index is 1.83. The molecular weight excluding hydrogens is 257 g/mol. The summed E-state index contributed by atoms with van der Waals surface area (Å²) in [6.45, 7) is 5.11. The van der Waals surface area contributed by atoms with E-state index in [0.717, 1.165) is 38.3 Å². The molecular formula is C12H17Cl2N3. The molecule has 0 saturated carbocycles. The Morgan fingerprint density at radius 3 is 2.47 bits per heavy atom. The predicted molar refractivity (Wildman–Crippen MR) is 72.4 cm³/mol. The number of halogens is 2. The third-order valence-electron chi connectivity index (χ3n) is 2.99. The fraction of sp³-hybridized carbons (Fsp3) is 0.500. The molecule has 0 unspecified atom stereocenters. The van der Waals surface area contributed by atoms with Crippen molar-refractivity contribution in [1.29, 1.82) is 0 Å². The maximum Gasteiger partial charge on any atom is 0.0595 e. The number of rotatable bonds is 3. The fourth-order valence-electron chi connectivity index (χ4n) is 1.82. The molecule has 1 saturated heterocycles. The molecule has 0 amide bonds. The highest BCUT2D eigenvalue weighted by Gasteiger charge is 2.12. The first-order valence-electron chi connectivity index (χ1n) is 5.76. The van der Waals surface area contributed by atoms with E-state index in [4.69, 9.17) is 23.2 Å². The second-order valence-corrected chi connectivity index (χ2v) is 5.19. The number of likely N-dealkylation sites (N-methyl/N-ethyl adjacent to an activating group) is 1. The highest BCUT2D eigenvalue weighted by Crippen LogP contribution is 2.22. The van der Waals surface area contributed by atoms with Crippen LogP contribution >= 0.6 is 23.2 Å². The van der Waals surface area contributed by atoms with Gasteiger partial charge < -0.3 is 4.90 Å². The third-order valence-corrected chi connectivity index (χ3v) is 3.73. The topological polar surface area (TPSA) is 18.5 Å². The van der Waals surface area contributed by atoms with Gasteiger partial charge in [0.25, 0.3) is 0 Å². The molecule has 1 aromatic rings. The van der Waals surface area contributed by atoms with Gasteiger partial charge in [0.1, 0.15) is 0 Å². The van der Waals surface area contributed by atoms with Gasteiger partial charge in [0.15, 0.2) is 0 Å². The molecule has 1 aliphatic heterocycles. The van der Waals surface area contributed by atoms with Gasteiger partial charge >= 0.3 is 0 Å². The first-order chi connectivity index (χ1) is 8.15. The van der Waals surface area contributed by atoms with Gasteiger partial charge in [0, 0.05) is 32.7 Å². The smallest absolute Gasteiger partial charge is 0.0595 e. The van der Waals surface area contributed by atoms with Gasteiger partial charge in [0.05, 0.1) is 10.0 Å². The molecule has 0 spiro atoms. The van der Waals surface area contributed by atoms with E-state index in [-0.39, 0.29) is 0 Å². The zero-order valence-corrected chi connectivity index (χ0v) is 11.4. The fourth-order valence-corrected chi connectivity index (χ4v) is 2.14. The molecule has 0 radical (unpaired) electrons. The molecule has 94 valence electrons. The van der Waals surface area contributed by atoms with E-state index in [2.05, 4.69) is 22.4 Å². The number of piperazine rings is 1. The Bertz CT molecular complexity index is 376. The van der Waals surface area contributed by atoms with Gasteiger partial charge in [-0.2, -0.15) is 0 Å². The Labute approximate surface area is 112 Å². The van der Waals surface area contributed by atoms with Gasteiger partial charge in [-0.15, -0.1) is 0 Å². The molecule has 17 heavy (non-hydrogen) atoms. The summed E-state index contributed by atoms with van der Waals surface area (Å²) >= 11 is 11.9. The summed E-state index contributed by atoms with van der Waals surface area (Å²) in [7, 11) is 2.15. The lowest BCUT2D eigenvalue weighted by Gasteiger charge is -2.32.